The number of rotatable bonds is 1. The maximum Gasteiger partial charge on any atom is 0.135 e. The molecule has 66 valence electrons. The van der Waals surface area contributed by atoms with E-state index in [-0.39, 0.29) is 5.75 Å². The molecule has 1 aromatic carbocycles. The van der Waals surface area contributed by atoms with Crippen LogP contribution in [-0.4, -0.2) is 7.11 Å². The van der Waals surface area contributed by atoms with Gasteiger partial charge >= 0.3 is 0 Å². The van der Waals surface area contributed by atoms with Gasteiger partial charge in [0.2, 0.25) is 0 Å². The Kier molecular flexibility index (Phi) is 3.01. The predicted molar refractivity (Wildman–Crippen MR) is 52.6 cm³/mol. The van der Waals surface area contributed by atoms with Gasteiger partial charge in [0.05, 0.1) is 11.6 Å². The fourth-order valence-electron chi connectivity index (χ4n) is 0.954. The molecular formula is C8H7Br2O2-. The molecule has 0 N–H and O–H groups in total. The number of halogens is 2. The van der Waals surface area contributed by atoms with E-state index < -0.39 is 0 Å². The van der Waals surface area contributed by atoms with E-state index in [1.165, 1.54) is 0 Å². The van der Waals surface area contributed by atoms with Crippen molar-refractivity contribution in [1.29, 1.82) is 0 Å². The number of methoxy groups -OCH3 is 1. The third-order valence-corrected chi connectivity index (χ3v) is 2.75. The Bertz CT molecular complexity index is 310. The van der Waals surface area contributed by atoms with Crippen LogP contribution in [0, 0.1) is 6.92 Å². The molecule has 0 spiro atoms. The minimum atomic E-state index is -0.0324. The van der Waals surface area contributed by atoms with E-state index in [1.807, 2.05) is 0 Å². The summed E-state index contributed by atoms with van der Waals surface area (Å²) in [6.45, 7) is 1.73. The average molecular weight is 295 g/mol. The molecule has 0 aromatic heterocycles. The molecule has 0 radical (unpaired) electrons. The summed E-state index contributed by atoms with van der Waals surface area (Å²) >= 11 is 6.46. The van der Waals surface area contributed by atoms with Crippen LogP contribution in [0.15, 0.2) is 15.0 Å². The quantitative estimate of drug-likeness (QED) is 0.797. The maximum absolute atomic E-state index is 11.4. The molecule has 12 heavy (non-hydrogen) atoms. The van der Waals surface area contributed by atoms with Crippen molar-refractivity contribution in [3.05, 3.63) is 20.6 Å². The van der Waals surface area contributed by atoms with E-state index >= 15 is 0 Å². The van der Waals surface area contributed by atoms with Crippen LogP contribution in [0.3, 0.4) is 0 Å². The van der Waals surface area contributed by atoms with Crippen molar-refractivity contribution in [2.24, 2.45) is 0 Å². The van der Waals surface area contributed by atoms with Crippen molar-refractivity contribution in [2.75, 3.05) is 7.11 Å². The molecule has 0 saturated heterocycles. The van der Waals surface area contributed by atoms with Gasteiger partial charge in [-0.3, -0.25) is 0 Å². The molecule has 0 aliphatic carbocycles. The van der Waals surface area contributed by atoms with Gasteiger partial charge in [0.15, 0.2) is 0 Å². The highest BCUT2D eigenvalue weighted by atomic mass is 79.9. The Morgan fingerprint density at radius 1 is 1.33 bits per heavy atom. The fourth-order valence-corrected chi connectivity index (χ4v) is 2.48. The van der Waals surface area contributed by atoms with Crippen LogP contribution in [0.2, 0.25) is 0 Å². The summed E-state index contributed by atoms with van der Waals surface area (Å²) in [7, 11) is 1.54. The summed E-state index contributed by atoms with van der Waals surface area (Å²) in [6, 6.07) is 1.69. The molecule has 4 heteroatoms. The summed E-state index contributed by atoms with van der Waals surface area (Å²) < 4.78 is 6.38. The Hall–Kier alpha value is -0.220. The second-order valence-corrected chi connectivity index (χ2v) is 4.04. The van der Waals surface area contributed by atoms with Crippen molar-refractivity contribution >= 4 is 31.9 Å². The van der Waals surface area contributed by atoms with Crippen molar-refractivity contribution in [3.63, 3.8) is 0 Å². The molecule has 0 fully saturated rings. The van der Waals surface area contributed by atoms with Crippen molar-refractivity contribution < 1.29 is 9.84 Å². The molecule has 0 aliphatic rings. The SMILES string of the molecule is COc1c(Br)cc(Br)c([O-])c1C. The van der Waals surface area contributed by atoms with E-state index in [9.17, 15) is 5.11 Å². The normalized spacial score (nSPS) is 10.0. The molecular weight excluding hydrogens is 288 g/mol. The molecule has 2 nitrogen and oxygen atoms in total. The summed E-state index contributed by atoms with van der Waals surface area (Å²) in [5, 5.41) is 11.4. The first-order valence-corrected chi connectivity index (χ1v) is 4.86. The van der Waals surface area contributed by atoms with Gasteiger partial charge in [-0.2, -0.15) is 0 Å². The Balaban J connectivity index is 3.40. The first kappa shape index (κ1) is 9.86. The predicted octanol–water partition coefficient (Wildman–Crippen LogP) is 2.60. The molecule has 0 saturated carbocycles. The van der Waals surface area contributed by atoms with Crippen LogP contribution in [0.4, 0.5) is 0 Å². The van der Waals surface area contributed by atoms with Crippen LogP contribution < -0.4 is 9.84 Å². The van der Waals surface area contributed by atoms with E-state index in [4.69, 9.17) is 4.74 Å². The molecule has 1 aromatic rings. The molecule has 0 atom stereocenters. The minimum Gasteiger partial charge on any atom is -0.871 e. The fraction of sp³-hybridized carbons (Fsp3) is 0.250. The second-order valence-electron chi connectivity index (χ2n) is 2.33. The molecule has 0 unspecified atom stereocenters. The maximum atomic E-state index is 11.4. The van der Waals surface area contributed by atoms with Gasteiger partial charge in [0, 0.05) is 4.47 Å². The Morgan fingerprint density at radius 2 is 1.92 bits per heavy atom. The molecule has 0 amide bonds. The van der Waals surface area contributed by atoms with Gasteiger partial charge < -0.3 is 9.84 Å². The highest BCUT2D eigenvalue weighted by molar-refractivity contribution is 9.11. The molecule has 0 heterocycles. The third-order valence-electron chi connectivity index (χ3n) is 1.57. The average Bonchev–Trinajstić information content (AvgIpc) is 2.01. The third kappa shape index (κ3) is 1.59. The van der Waals surface area contributed by atoms with Crippen molar-refractivity contribution in [1.82, 2.24) is 0 Å². The highest BCUT2D eigenvalue weighted by Crippen LogP contribution is 2.38. The lowest BCUT2D eigenvalue weighted by atomic mass is 10.2. The smallest absolute Gasteiger partial charge is 0.135 e. The van der Waals surface area contributed by atoms with Gasteiger partial charge in [-0.15, -0.1) is 0 Å². The van der Waals surface area contributed by atoms with Crippen LogP contribution in [0.1, 0.15) is 5.56 Å². The van der Waals surface area contributed by atoms with E-state index in [0.29, 0.717) is 15.8 Å². The summed E-state index contributed by atoms with van der Waals surface area (Å²) in [5.74, 6) is 0.568. The number of benzene rings is 1. The Labute approximate surface area is 87.8 Å². The van der Waals surface area contributed by atoms with Crippen LogP contribution in [0.5, 0.6) is 11.5 Å². The molecule has 0 bridgehead atoms. The highest BCUT2D eigenvalue weighted by Gasteiger charge is 2.06. The van der Waals surface area contributed by atoms with Crippen molar-refractivity contribution in [3.8, 4) is 11.5 Å². The van der Waals surface area contributed by atoms with Crippen LogP contribution in [0.25, 0.3) is 0 Å². The van der Waals surface area contributed by atoms with E-state index in [2.05, 4.69) is 31.9 Å². The van der Waals surface area contributed by atoms with Gasteiger partial charge in [-0.1, -0.05) is 21.7 Å². The van der Waals surface area contributed by atoms with Gasteiger partial charge in [-0.05, 0) is 34.5 Å². The lowest BCUT2D eigenvalue weighted by Gasteiger charge is -2.17. The lowest BCUT2D eigenvalue weighted by Crippen LogP contribution is -1.98. The minimum absolute atomic E-state index is 0.0324. The number of hydrogen-bond acceptors (Lipinski definition) is 2. The molecule has 0 aliphatic heterocycles. The first-order chi connectivity index (χ1) is 5.57. The number of hydrogen-bond donors (Lipinski definition) is 0. The summed E-state index contributed by atoms with van der Waals surface area (Å²) in [6.07, 6.45) is 0. The van der Waals surface area contributed by atoms with E-state index in [0.717, 1.165) is 4.47 Å². The standard InChI is InChI=1S/C8H8Br2O2/c1-4-7(11)5(9)3-6(10)8(4)12-2/h3,11H,1-2H3/p-1. The van der Waals surface area contributed by atoms with Gasteiger partial charge in [0.25, 0.3) is 0 Å². The van der Waals surface area contributed by atoms with E-state index in [1.54, 1.807) is 20.1 Å². The monoisotopic (exact) mass is 293 g/mol. The summed E-state index contributed by atoms with van der Waals surface area (Å²) in [5.41, 5.74) is 0.610. The van der Waals surface area contributed by atoms with Crippen molar-refractivity contribution in [2.45, 2.75) is 6.92 Å². The van der Waals surface area contributed by atoms with Gasteiger partial charge in [0.1, 0.15) is 5.75 Å². The molecule has 1 rings (SSSR count). The Morgan fingerprint density at radius 3 is 2.42 bits per heavy atom. The zero-order chi connectivity index (χ0) is 9.30. The lowest BCUT2D eigenvalue weighted by molar-refractivity contribution is -0.270. The largest absolute Gasteiger partial charge is 0.871 e. The topological polar surface area (TPSA) is 32.3 Å². The van der Waals surface area contributed by atoms with Gasteiger partial charge in [-0.25, -0.2) is 0 Å². The zero-order valence-corrected chi connectivity index (χ0v) is 9.82. The number of ether oxygens (including phenoxy) is 1. The van der Waals surface area contributed by atoms with Crippen LogP contribution >= 0.6 is 31.9 Å². The first-order valence-electron chi connectivity index (χ1n) is 3.27. The second kappa shape index (κ2) is 3.66. The summed E-state index contributed by atoms with van der Waals surface area (Å²) in [4.78, 5) is 0. The zero-order valence-electron chi connectivity index (χ0n) is 6.65. The van der Waals surface area contributed by atoms with Crippen LogP contribution in [-0.2, 0) is 0 Å².